The lowest BCUT2D eigenvalue weighted by molar-refractivity contribution is 0.0984. The zero-order chi connectivity index (χ0) is 16.4. The number of aryl methyl sites for hydroxylation is 1. The molecular weight excluding hydrogens is 288 g/mol. The fraction of sp³-hybridized carbons (Fsp3) is 0.389. The number of anilines is 2. The first kappa shape index (κ1) is 15.5. The Morgan fingerprint density at radius 2 is 1.87 bits per heavy atom. The van der Waals surface area contributed by atoms with Gasteiger partial charge in [0.15, 0.2) is 0 Å². The summed E-state index contributed by atoms with van der Waals surface area (Å²) in [5.74, 6) is 0.493. The molecule has 2 heterocycles. The molecule has 0 bridgehead atoms. The van der Waals surface area contributed by atoms with Gasteiger partial charge >= 0.3 is 0 Å². The number of carbonyl (C=O) groups is 1. The van der Waals surface area contributed by atoms with E-state index in [9.17, 15) is 4.79 Å². The fourth-order valence-electron chi connectivity index (χ4n) is 2.74. The number of para-hydroxylation sites is 1. The van der Waals surface area contributed by atoms with E-state index in [4.69, 9.17) is 0 Å². The summed E-state index contributed by atoms with van der Waals surface area (Å²) in [6, 6.07) is 8.07. The molecule has 2 aromatic rings. The highest BCUT2D eigenvalue weighted by Gasteiger charge is 2.23. The molecule has 0 aliphatic carbocycles. The van der Waals surface area contributed by atoms with Crippen LogP contribution in [0.2, 0.25) is 0 Å². The second-order valence-corrected chi connectivity index (χ2v) is 6.86. The quantitative estimate of drug-likeness (QED) is 0.925. The van der Waals surface area contributed by atoms with Crippen LogP contribution in [0.15, 0.2) is 36.7 Å². The van der Waals surface area contributed by atoms with Crippen LogP contribution >= 0.6 is 0 Å². The third kappa shape index (κ3) is 3.50. The number of nitrogens with one attached hydrogen (secondary N) is 1. The number of hydrogen-bond donors (Lipinski definition) is 1. The first-order valence-electron chi connectivity index (χ1n) is 7.94. The van der Waals surface area contributed by atoms with Gasteiger partial charge in [0.1, 0.15) is 0 Å². The van der Waals surface area contributed by atoms with Crippen LogP contribution in [0, 0.1) is 0 Å². The van der Waals surface area contributed by atoms with Crippen molar-refractivity contribution in [1.29, 1.82) is 0 Å². The highest BCUT2D eigenvalue weighted by molar-refractivity contribution is 6.06. The van der Waals surface area contributed by atoms with Crippen molar-refractivity contribution in [2.24, 2.45) is 0 Å². The third-order valence-electron chi connectivity index (χ3n) is 3.74. The maximum absolute atomic E-state index is 12.8. The summed E-state index contributed by atoms with van der Waals surface area (Å²) in [4.78, 5) is 23.1. The number of benzene rings is 1. The van der Waals surface area contributed by atoms with E-state index in [0.717, 1.165) is 25.1 Å². The van der Waals surface area contributed by atoms with E-state index in [1.54, 1.807) is 12.4 Å². The molecule has 23 heavy (non-hydrogen) atoms. The summed E-state index contributed by atoms with van der Waals surface area (Å²) >= 11 is 0. The number of nitrogens with zero attached hydrogens (tertiary/aromatic N) is 3. The van der Waals surface area contributed by atoms with Crippen LogP contribution in [0.3, 0.4) is 0 Å². The van der Waals surface area contributed by atoms with Crippen molar-refractivity contribution in [1.82, 2.24) is 9.97 Å². The summed E-state index contributed by atoms with van der Waals surface area (Å²) in [7, 11) is 0. The molecule has 3 rings (SSSR count). The predicted octanol–water partition coefficient (Wildman–Crippen LogP) is 3.28. The van der Waals surface area contributed by atoms with E-state index in [2.05, 4.69) is 21.4 Å². The van der Waals surface area contributed by atoms with Gasteiger partial charge in [0, 0.05) is 30.2 Å². The Balaban J connectivity index is 1.82. The Kier molecular flexibility index (Phi) is 4.03. The summed E-state index contributed by atoms with van der Waals surface area (Å²) in [5, 5.41) is 3.20. The zero-order valence-corrected chi connectivity index (χ0v) is 13.8. The summed E-state index contributed by atoms with van der Waals surface area (Å²) < 4.78 is 0. The molecule has 1 aliphatic heterocycles. The summed E-state index contributed by atoms with van der Waals surface area (Å²) in [5.41, 5.74) is 2.62. The summed E-state index contributed by atoms with van der Waals surface area (Å²) in [6.07, 6.45) is 5.19. The van der Waals surface area contributed by atoms with Gasteiger partial charge in [0.2, 0.25) is 5.95 Å². The van der Waals surface area contributed by atoms with Crippen LogP contribution in [0.4, 0.5) is 11.6 Å². The molecule has 0 saturated heterocycles. The molecule has 1 aromatic carbocycles. The van der Waals surface area contributed by atoms with Gasteiger partial charge in [-0.1, -0.05) is 18.2 Å². The van der Waals surface area contributed by atoms with Crippen molar-refractivity contribution in [2.45, 2.75) is 39.2 Å². The van der Waals surface area contributed by atoms with Crippen LogP contribution in [-0.4, -0.2) is 28.0 Å². The van der Waals surface area contributed by atoms with E-state index in [-0.39, 0.29) is 11.4 Å². The van der Waals surface area contributed by atoms with Crippen molar-refractivity contribution in [3.63, 3.8) is 0 Å². The Morgan fingerprint density at radius 1 is 1.17 bits per heavy atom. The Morgan fingerprint density at radius 3 is 2.57 bits per heavy atom. The second-order valence-electron chi connectivity index (χ2n) is 6.86. The van der Waals surface area contributed by atoms with Gasteiger partial charge in [-0.05, 0) is 45.2 Å². The van der Waals surface area contributed by atoms with Gasteiger partial charge in [-0.2, -0.15) is 0 Å². The lowest BCUT2D eigenvalue weighted by atomic mass is 10.0. The van der Waals surface area contributed by atoms with Crippen LogP contribution in [0.25, 0.3) is 0 Å². The number of amides is 1. The number of hydrogen-bond acceptors (Lipinski definition) is 4. The molecule has 5 heteroatoms. The SMILES string of the molecule is CC(C)(C)Nc1ncc(C(=O)N2CCCc3ccccc32)cn1. The van der Waals surface area contributed by atoms with Crippen LogP contribution in [-0.2, 0) is 6.42 Å². The number of rotatable bonds is 2. The van der Waals surface area contributed by atoms with Gasteiger partial charge in [0.05, 0.1) is 5.56 Å². The van der Waals surface area contributed by atoms with Crippen LogP contribution in [0.1, 0.15) is 43.1 Å². The highest BCUT2D eigenvalue weighted by atomic mass is 16.2. The average Bonchev–Trinajstić information content (AvgIpc) is 2.53. The normalized spacial score (nSPS) is 14.3. The van der Waals surface area contributed by atoms with E-state index in [0.29, 0.717) is 11.5 Å². The number of carbonyl (C=O) groups excluding carboxylic acids is 1. The molecule has 0 atom stereocenters. The Labute approximate surface area is 136 Å². The molecule has 0 fully saturated rings. The lowest BCUT2D eigenvalue weighted by Crippen LogP contribution is -2.35. The Bertz CT molecular complexity index is 704. The van der Waals surface area contributed by atoms with Gasteiger partial charge in [0.25, 0.3) is 5.91 Å². The molecule has 120 valence electrons. The molecule has 1 N–H and O–H groups in total. The molecule has 1 aliphatic rings. The van der Waals surface area contributed by atoms with Gasteiger partial charge < -0.3 is 10.2 Å². The first-order chi connectivity index (χ1) is 10.9. The second kappa shape index (κ2) is 5.99. The molecule has 0 radical (unpaired) electrons. The molecule has 0 spiro atoms. The maximum Gasteiger partial charge on any atom is 0.261 e. The van der Waals surface area contributed by atoms with Crippen molar-refractivity contribution in [2.75, 3.05) is 16.8 Å². The minimum Gasteiger partial charge on any atom is -0.350 e. The van der Waals surface area contributed by atoms with Crippen molar-refractivity contribution in [3.05, 3.63) is 47.8 Å². The van der Waals surface area contributed by atoms with Gasteiger partial charge in [-0.25, -0.2) is 9.97 Å². The summed E-state index contributed by atoms with van der Waals surface area (Å²) in [6.45, 7) is 6.86. The number of aromatic nitrogens is 2. The molecule has 0 unspecified atom stereocenters. The molecule has 1 aromatic heterocycles. The minimum atomic E-state index is -0.114. The molecule has 5 nitrogen and oxygen atoms in total. The lowest BCUT2D eigenvalue weighted by Gasteiger charge is -2.29. The number of fused-ring (bicyclic) bond motifs is 1. The monoisotopic (exact) mass is 310 g/mol. The van der Waals surface area contributed by atoms with E-state index in [1.807, 2.05) is 43.9 Å². The van der Waals surface area contributed by atoms with Gasteiger partial charge in [-0.3, -0.25) is 4.79 Å². The maximum atomic E-state index is 12.8. The van der Waals surface area contributed by atoms with E-state index >= 15 is 0 Å². The fourth-order valence-corrected chi connectivity index (χ4v) is 2.74. The van der Waals surface area contributed by atoms with Gasteiger partial charge in [-0.15, -0.1) is 0 Å². The van der Waals surface area contributed by atoms with E-state index < -0.39 is 0 Å². The van der Waals surface area contributed by atoms with E-state index in [1.165, 1.54) is 5.56 Å². The topological polar surface area (TPSA) is 58.1 Å². The highest BCUT2D eigenvalue weighted by Crippen LogP contribution is 2.27. The zero-order valence-electron chi connectivity index (χ0n) is 13.8. The smallest absolute Gasteiger partial charge is 0.261 e. The molecule has 0 saturated carbocycles. The average molecular weight is 310 g/mol. The third-order valence-corrected chi connectivity index (χ3v) is 3.74. The van der Waals surface area contributed by atoms with Crippen molar-refractivity contribution in [3.8, 4) is 0 Å². The van der Waals surface area contributed by atoms with Crippen molar-refractivity contribution < 1.29 is 4.79 Å². The van der Waals surface area contributed by atoms with Crippen LogP contribution < -0.4 is 10.2 Å². The molecule has 1 amide bonds. The molecular formula is C18H22N4O. The van der Waals surface area contributed by atoms with Crippen LogP contribution in [0.5, 0.6) is 0 Å². The largest absolute Gasteiger partial charge is 0.350 e. The standard InChI is InChI=1S/C18H22N4O/c1-18(2,3)21-17-19-11-14(12-20-17)16(23)22-10-6-8-13-7-4-5-9-15(13)22/h4-5,7,9,11-12H,6,8,10H2,1-3H3,(H,19,20,21). The Hall–Kier alpha value is -2.43. The minimum absolute atomic E-state index is 0.0422. The first-order valence-corrected chi connectivity index (χ1v) is 7.94. The van der Waals surface area contributed by atoms with Crippen molar-refractivity contribution >= 4 is 17.5 Å². The predicted molar refractivity (Wildman–Crippen MR) is 91.8 cm³/mol.